The minimum Gasteiger partial charge on any atom is -0.356 e. The normalized spacial score (nSPS) is 19.4. The van der Waals surface area contributed by atoms with Gasteiger partial charge >= 0.3 is 0 Å². The Labute approximate surface area is 158 Å². The van der Waals surface area contributed by atoms with E-state index in [4.69, 9.17) is 0 Å². The number of pyridine rings is 1. The SMILES string of the molecule is Cc1ccc(NC(=O)[C@@H]2CNC[C@H](C(=O)NCCCn3cccn3)C2)cn1. The van der Waals surface area contributed by atoms with Crippen molar-refractivity contribution in [1.82, 2.24) is 25.4 Å². The Hall–Kier alpha value is -2.74. The topological polar surface area (TPSA) is 101 Å². The van der Waals surface area contributed by atoms with E-state index in [2.05, 4.69) is 26.0 Å². The summed E-state index contributed by atoms with van der Waals surface area (Å²) in [6.45, 7) is 4.44. The summed E-state index contributed by atoms with van der Waals surface area (Å²) in [5, 5.41) is 13.2. The van der Waals surface area contributed by atoms with E-state index in [1.54, 1.807) is 12.4 Å². The maximum absolute atomic E-state index is 12.5. The molecule has 2 aromatic rings. The lowest BCUT2D eigenvalue weighted by molar-refractivity contribution is -0.127. The first-order valence-corrected chi connectivity index (χ1v) is 9.31. The van der Waals surface area contributed by atoms with Gasteiger partial charge in [-0.05, 0) is 38.0 Å². The molecule has 1 fully saturated rings. The molecule has 2 atom stereocenters. The van der Waals surface area contributed by atoms with Crippen molar-refractivity contribution in [3.63, 3.8) is 0 Å². The van der Waals surface area contributed by atoms with Crippen molar-refractivity contribution >= 4 is 17.5 Å². The second-order valence-electron chi connectivity index (χ2n) is 6.88. The summed E-state index contributed by atoms with van der Waals surface area (Å²) < 4.78 is 1.84. The highest BCUT2D eigenvalue weighted by Crippen LogP contribution is 2.19. The van der Waals surface area contributed by atoms with Gasteiger partial charge in [-0.25, -0.2) is 0 Å². The van der Waals surface area contributed by atoms with Crippen molar-refractivity contribution in [3.8, 4) is 0 Å². The monoisotopic (exact) mass is 370 g/mol. The predicted molar refractivity (Wildman–Crippen MR) is 102 cm³/mol. The fourth-order valence-corrected chi connectivity index (χ4v) is 3.16. The van der Waals surface area contributed by atoms with Gasteiger partial charge in [0.05, 0.1) is 23.7 Å². The highest BCUT2D eigenvalue weighted by atomic mass is 16.2. The number of piperidine rings is 1. The van der Waals surface area contributed by atoms with E-state index in [-0.39, 0.29) is 23.7 Å². The van der Waals surface area contributed by atoms with Crippen LogP contribution in [0.1, 0.15) is 18.5 Å². The van der Waals surface area contributed by atoms with Crippen LogP contribution < -0.4 is 16.0 Å². The minimum atomic E-state index is -0.236. The van der Waals surface area contributed by atoms with E-state index >= 15 is 0 Å². The van der Waals surface area contributed by atoms with Crippen LogP contribution in [0, 0.1) is 18.8 Å². The van der Waals surface area contributed by atoms with Gasteiger partial charge in [0.25, 0.3) is 0 Å². The van der Waals surface area contributed by atoms with E-state index < -0.39 is 0 Å². The first kappa shape index (κ1) is 19.0. The number of nitrogens with zero attached hydrogens (tertiary/aromatic N) is 3. The van der Waals surface area contributed by atoms with Crippen molar-refractivity contribution in [3.05, 3.63) is 42.5 Å². The lowest BCUT2D eigenvalue weighted by Gasteiger charge is -2.28. The summed E-state index contributed by atoms with van der Waals surface area (Å²) >= 11 is 0. The number of carbonyl (C=O) groups excluding carboxylic acids is 2. The number of anilines is 1. The van der Waals surface area contributed by atoms with Crippen molar-refractivity contribution in [2.45, 2.75) is 26.3 Å². The highest BCUT2D eigenvalue weighted by Gasteiger charge is 2.31. The van der Waals surface area contributed by atoms with Crippen LogP contribution in [0.25, 0.3) is 0 Å². The third-order valence-electron chi connectivity index (χ3n) is 4.69. The van der Waals surface area contributed by atoms with Crippen LogP contribution in [0.2, 0.25) is 0 Å². The van der Waals surface area contributed by atoms with Gasteiger partial charge in [-0.15, -0.1) is 0 Å². The predicted octanol–water partition coefficient (Wildman–Crippen LogP) is 0.957. The fraction of sp³-hybridized carbons (Fsp3) is 0.474. The number of aromatic nitrogens is 3. The zero-order valence-corrected chi connectivity index (χ0v) is 15.5. The van der Waals surface area contributed by atoms with E-state index in [0.29, 0.717) is 31.7 Å². The van der Waals surface area contributed by atoms with Gasteiger partial charge in [-0.1, -0.05) is 0 Å². The Kier molecular flexibility index (Phi) is 6.54. The van der Waals surface area contributed by atoms with Crippen molar-refractivity contribution in [2.75, 3.05) is 25.0 Å². The van der Waals surface area contributed by atoms with E-state index in [0.717, 1.165) is 18.7 Å². The number of rotatable bonds is 7. The Balaban J connectivity index is 1.42. The summed E-state index contributed by atoms with van der Waals surface area (Å²) in [6.07, 6.45) is 6.65. The molecule has 2 aromatic heterocycles. The zero-order valence-electron chi connectivity index (χ0n) is 15.5. The molecule has 144 valence electrons. The summed E-state index contributed by atoms with van der Waals surface area (Å²) in [5.74, 6) is -0.517. The smallest absolute Gasteiger partial charge is 0.228 e. The van der Waals surface area contributed by atoms with Crippen LogP contribution in [0.15, 0.2) is 36.8 Å². The van der Waals surface area contributed by atoms with Gasteiger partial charge in [0.1, 0.15) is 0 Å². The van der Waals surface area contributed by atoms with Gasteiger partial charge in [0.2, 0.25) is 11.8 Å². The average Bonchev–Trinajstić information content (AvgIpc) is 3.20. The van der Waals surface area contributed by atoms with Crippen molar-refractivity contribution in [2.24, 2.45) is 11.8 Å². The molecule has 0 bridgehead atoms. The Morgan fingerprint density at radius 2 is 2.07 bits per heavy atom. The van der Waals surface area contributed by atoms with E-state index in [1.807, 2.05) is 36.0 Å². The molecular weight excluding hydrogens is 344 g/mol. The first-order valence-electron chi connectivity index (χ1n) is 9.31. The third kappa shape index (κ3) is 5.62. The standard InChI is InChI=1S/C19H26N6O2/c1-14-4-5-17(13-22-14)24-19(27)16-10-15(11-20-12-16)18(26)21-6-2-8-25-9-3-7-23-25/h3-5,7,9,13,15-16,20H,2,6,8,10-12H2,1H3,(H,21,26)(H,24,27)/t15-,16+/m1/s1. The fourth-order valence-electron chi connectivity index (χ4n) is 3.16. The van der Waals surface area contributed by atoms with Crippen LogP contribution >= 0.6 is 0 Å². The largest absolute Gasteiger partial charge is 0.356 e. The molecule has 8 nitrogen and oxygen atoms in total. The second-order valence-corrected chi connectivity index (χ2v) is 6.88. The molecule has 3 heterocycles. The van der Waals surface area contributed by atoms with Crippen LogP contribution in [0.3, 0.4) is 0 Å². The first-order chi connectivity index (χ1) is 13.1. The minimum absolute atomic E-state index is 0.00234. The molecule has 3 N–H and O–H groups in total. The van der Waals surface area contributed by atoms with Gasteiger partial charge in [-0.3, -0.25) is 19.3 Å². The second kappa shape index (κ2) is 9.27. The maximum atomic E-state index is 12.5. The van der Waals surface area contributed by atoms with Crippen molar-refractivity contribution < 1.29 is 9.59 Å². The molecule has 0 saturated carbocycles. The molecule has 8 heteroatoms. The zero-order chi connectivity index (χ0) is 19.1. The molecule has 1 saturated heterocycles. The number of hydrogen-bond acceptors (Lipinski definition) is 5. The molecule has 2 amide bonds. The Bertz CT molecular complexity index is 744. The molecule has 0 radical (unpaired) electrons. The van der Waals surface area contributed by atoms with Crippen LogP contribution in [0.5, 0.6) is 0 Å². The quantitative estimate of drug-likeness (QED) is 0.630. The molecular formula is C19H26N6O2. The van der Waals surface area contributed by atoms with Gasteiger partial charge in [0, 0.05) is 44.3 Å². The molecule has 0 spiro atoms. The highest BCUT2D eigenvalue weighted by molar-refractivity contribution is 5.93. The molecule has 27 heavy (non-hydrogen) atoms. The van der Waals surface area contributed by atoms with Gasteiger partial charge in [0.15, 0.2) is 0 Å². The lowest BCUT2D eigenvalue weighted by Crippen LogP contribution is -2.47. The van der Waals surface area contributed by atoms with Crippen LogP contribution in [-0.2, 0) is 16.1 Å². The van der Waals surface area contributed by atoms with Crippen LogP contribution in [-0.4, -0.2) is 46.2 Å². The molecule has 3 rings (SSSR count). The average molecular weight is 370 g/mol. The van der Waals surface area contributed by atoms with E-state index in [9.17, 15) is 9.59 Å². The number of amides is 2. The molecule has 0 aliphatic carbocycles. The Morgan fingerprint density at radius 3 is 2.78 bits per heavy atom. The number of nitrogens with one attached hydrogen (secondary N) is 3. The number of hydrogen-bond donors (Lipinski definition) is 3. The summed E-state index contributed by atoms with van der Waals surface area (Å²) in [6, 6.07) is 5.57. The Morgan fingerprint density at radius 1 is 1.26 bits per heavy atom. The maximum Gasteiger partial charge on any atom is 0.228 e. The van der Waals surface area contributed by atoms with Crippen LogP contribution in [0.4, 0.5) is 5.69 Å². The van der Waals surface area contributed by atoms with Gasteiger partial charge in [-0.2, -0.15) is 5.10 Å². The number of aryl methyl sites for hydroxylation is 2. The summed E-state index contributed by atoms with van der Waals surface area (Å²) in [4.78, 5) is 29.1. The molecule has 1 aliphatic rings. The molecule has 0 aromatic carbocycles. The summed E-state index contributed by atoms with van der Waals surface area (Å²) in [5.41, 5.74) is 1.58. The molecule has 1 aliphatic heterocycles. The van der Waals surface area contributed by atoms with Crippen molar-refractivity contribution in [1.29, 1.82) is 0 Å². The molecule has 0 unspecified atom stereocenters. The summed E-state index contributed by atoms with van der Waals surface area (Å²) in [7, 11) is 0. The van der Waals surface area contributed by atoms with E-state index in [1.165, 1.54) is 0 Å². The third-order valence-corrected chi connectivity index (χ3v) is 4.69. The number of carbonyl (C=O) groups is 2. The van der Waals surface area contributed by atoms with Gasteiger partial charge < -0.3 is 16.0 Å². The lowest BCUT2D eigenvalue weighted by atomic mass is 9.89.